The van der Waals surface area contributed by atoms with E-state index < -0.39 is 0 Å². The zero-order valence-corrected chi connectivity index (χ0v) is 9.94. The Hall–Kier alpha value is -1.71. The quantitative estimate of drug-likeness (QED) is 0.389. The highest BCUT2D eigenvalue weighted by Gasteiger charge is 2.21. The van der Waals surface area contributed by atoms with Gasteiger partial charge in [-0.1, -0.05) is 25.9 Å². The molecule has 4 heteroatoms. The van der Waals surface area contributed by atoms with Gasteiger partial charge in [-0.2, -0.15) is 0 Å². The predicted octanol–water partition coefficient (Wildman–Crippen LogP) is 2.59. The van der Waals surface area contributed by atoms with Gasteiger partial charge in [0.05, 0.1) is 5.71 Å². The molecule has 0 atom stereocenters. The average molecular weight is 223 g/mol. The first-order valence-electron chi connectivity index (χ1n) is 5.03. The Morgan fingerprint density at radius 1 is 1.12 bits per heavy atom. The third-order valence-electron chi connectivity index (χ3n) is 2.46. The number of hydrogen-bond acceptors (Lipinski definition) is 4. The van der Waals surface area contributed by atoms with Gasteiger partial charge < -0.3 is 15.4 Å². The standard InChI is InChI=1S/C12H17NO3/c1-7(13-16)8-5-9(12(2,3)4)11(15)6-10(8)14/h5-6,14-16H,1-4H3/b13-7+. The van der Waals surface area contributed by atoms with E-state index in [1.54, 1.807) is 13.0 Å². The van der Waals surface area contributed by atoms with Gasteiger partial charge in [-0.3, -0.25) is 0 Å². The lowest BCUT2D eigenvalue weighted by atomic mass is 9.85. The molecule has 0 radical (unpaired) electrons. The van der Waals surface area contributed by atoms with Crippen LogP contribution in [0.3, 0.4) is 0 Å². The van der Waals surface area contributed by atoms with Crippen molar-refractivity contribution in [3.05, 3.63) is 23.3 Å². The van der Waals surface area contributed by atoms with E-state index in [4.69, 9.17) is 5.21 Å². The molecule has 0 saturated heterocycles. The van der Waals surface area contributed by atoms with Crippen molar-refractivity contribution in [2.45, 2.75) is 33.1 Å². The Morgan fingerprint density at radius 2 is 1.69 bits per heavy atom. The van der Waals surface area contributed by atoms with Crippen LogP contribution >= 0.6 is 0 Å². The molecule has 88 valence electrons. The van der Waals surface area contributed by atoms with E-state index in [1.165, 1.54) is 6.07 Å². The molecule has 0 spiro atoms. The van der Waals surface area contributed by atoms with Crippen LogP contribution in [0.5, 0.6) is 11.5 Å². The van der Waals surface area contributed by atoms with E-state index in [0.717, 1.165) is 0 Å². The summed E-state index contributed by atoms with van der Waals surface area (Å²) in [6.07, 6.45) is 0. The van der Waals surface area contributed by atoms with E-state index in [9.17, 15) is 10.2 Å². The van der Waals surface area contributed by atoms with Crippen molar-refractivity contribution in [3.63, 3.8) is 0 Å². The molecule has 0 heterocycles. The number of oxime groups is 1. The first kappa shape index (κ1) is 12.4. The minimum absolute atomic E-state index is 0.0412. The van der Waals surface area contributed by atoms with E-state index in [2.05, 4.69) is 5.16 Å². The fraction of sp³-hybridized carbons (Fsp3) is 0.417. The lowest BCUT2D eigenvalue weighted by molar-refractivity contribution is 0.318. The third kappa shape index (κ3) is 2.27. The molecule has 0 saturated carbocycles. The lowest BCUT2D eigenvalue weighted by Crippen LogP contribution is -2.12. The number of hydrogen-bond donors (Lipinski definition) is 3. The molecule has 3 N–H and O–H groups in total. The molecule has 1 aromatic carbocycles. The van der Waals surface area contributed by atoms with Crippen molar-refractivity contribution in [2.24, 2.45) is 5.16 Å². The molecule has 16 heavy (non-hydrogen) atoms. The minimum atomic E-state index is -0.248. The molecule has 0 aliphatic rings. The summed E-state index contributed by atoms with van der Waals surface area (Å²) in [6, 6.07) is 2.91. The highest BCUT2D eigenvalue weighted by molar-refractivity contribution is 6.01. The van der Waals surface area contributed by atoms with Gasteiger partial charge >= 0.3 is 0 Å². The van der Waals surface area contributed by atoms with E-state index in [0.29, 0.717) is 16.8 Å². The highest BCUT2D eigenvalue weighted by atomic mass is 16.4. The largest absolute Gasteiger partial charge is 0.508 e. The van der Waals surface area contributed by atoms with E-state index in [-0.39, 0.29) is 16.9 Å². The maximum Gasteiger partial charge on any atom is 0.128 e. The van der Waals surface area contributed by atoms with Crippen LogP contribution < -0.4 is 0 Å². The van der Waals surface area contributed by atoms with Gasteiger partial charge in [-0.15, -0.1) is 0 Å². The van der Waals surface area contributed by atoms with Crippen molar-refractivity contribution >= 4 is 5.71 Å². The molecule has 0 amide bonds. The number of benzene rings is 1. The molecular formula is C12H17NO3. The first-order chi connectivity index (χ1) is 7.27. The highest BCUT2D eigenvalue weighted by Crippen LogP contribution is 2.35. The summed E-state index contributed by atoms with van der Waals surface area (Å²) in [6.45, 7) is 7.44. The summed E-state index contributed by atoms with van der Waals surface area (Å²) in [4.78, 5) is 0. The van der Waals surface area contributed by atoms with Crippen LogP contribution in [0.2, 0.25) is 0 Å². The summed E-state index contributed by atoms with van der Waals surface area (Å²) in [7, 11) is 0. The monoisotopic (exact) mass is 223 g/mol. The predicted molar refractivity (Wildman–Crippen MR) is 62.5 cm³/mol. The Morgan fingerprint density at radius 3 is 2.12 bits per heavy atom. The smallest absolute Gasteiger partial charge is 0.128 e. The molecule has 1 rings (SSSR count). The normalized spacial score (nSPS) is 12.9. The maximum atomic E-state index is 9.74. The molecule has 4 nitrogen and oxygen atoms in total. The van der Waals surface area contributed by atoms with Gasteiger partial charge in [0, 0.05) is 17.2 Å². The zero-order chi connectivity index (χ0) is 12.5. The second-order valence-corrected chi connectivity index (χ2v) is 4.82. The van der Waals surface area contributed by atoms with Gasteiger partial charge in [-0.05, 0) is 18.4 Å². The molecule has 0 fully saturated rings. The van der Waals surface area contributed by atoms with Crippen molar-refractivity contribution in [1.82, 2.24) is 0 Å². The minimum Gasteiger partial charge on any atom is -0.508 e. The van der Waals surface area contributed by atoms with Crippen LogP contribution in [-0.4, -0.2) is 21.1 Å². The van der Waals surface area contributed by atoms with Crippen LogP contribution in [0.1, 0.15) is 38.8 Å². The molecule has 0 aliphatic carbocycles. The molecule has 0 unspecified atom stereocenters. The Labute approximate surface area is 94.9 Å². The van der Waals surface area contributed by atoms with Gasteiger partial charge in [0.25, 0.3) is 0 Å². The summed E-state index contributed by atoms with van der Waals surface area (Å²) in [5.74, 6) is -0.0553. The Kier molecular flexibility index (Phi) is 3.12. The fourth-order valence-electron chi connectivity index (χ4n) is 1.52. The summed E-state index contributed by atoms with van der Waals surface area (Å²) < 4.78 is 0. The summed E-state index contributed by atoms with van der Waals surface area (Å²) in [5, 5.41) is 31.1. The first-order valence-corrected chi connectivity index (χ1v) is 5.03. The van der Waals surface area contributed by atoms with Gasteiger partial charge in [0.15, 0.2) is 0 Å². The molecule has 0 aromatic heterocycles. The maximum absolute atomic E-state index is 9.74. The average Bonchev–Trinajstić information content (AvgIpc) is 2.14. The summed E-state index contributed by atoms with van der Waals surface area (Å²) in [5.41, 5.74) is 1.18. The number of rotatable bonds is 1. The third-order valence-corrected chi connectivity index (χ3v) is 2.46. The lowest BCUT2D eigenvalue weighted by Gasteiger charge is -2.21. The molecule has 0 aliphatic heterocycles. The number of phenols is 2. The second kappa shape index (κ2) is 4.04. The van der Waals surface area contributed by atoms with Gasteiger partial charge in [0.2, 0.25) is 0 Å². The topological polar surface area (TPSA) is 73.1 Å². The van der Waals surface area contributed by atoms with Gasteiger partial charge in [-0.25, -0.2) is 0 Å². The zero-order valence-electron chi connectivity index (χ0n) is 9.94. The fourth-order valence-corrected chi connectivity index (χ4v) is 1.52. The van der Waals surface area contributed by atoms with Crippen molar-refractivity contribution < 1.29 is 15.4 Å². The number of aromatic hydroxyl groups is 2. The van der Waals surface area contributed by atoms with Crippen LogP contribution in [0.25, 0.3) is 0 Å². The van der Waals surface area contributed by atoms with Crippen molar-refractivity contribution in [3.8, 4) is 11.5 Å². The van der Waals surface area contributed by atoms with Crippen LogP contribution in [0.15, 0.2) is 17.3 Å². The van der Waals surface area contributed by atoms with Crippen molar-refractivity contribution in [2.75, 3.05) is 0 Å². The van der Waals surface area contributed by atoms with Crippen molar-refractivity contribution in [1.29, 1.82) is 0 Å². The Balaban J connectivity index is 3.45. The van der Waals surface area contributed by atoms with E-state index >= 15 is 0 Å². The van der Waals surface area contributed by atoms with Crippen LogP contribution in [0, 0.1) is 0 Å². The van der Waals surface area contributed by atoms with E-state index in [1.807, 2.05) is 20.8 Å². The summed E-state index contributed by atoms with van der Waals surface area (Å²) >= 11 is 0. The number of phenolic OH excluding ortho intramolecular Hbond substituents is 2. The second-order valence-electron chi connectivity index (χ2n) is 4.82. The van der Waals surface area contributed by atoms with Gasteiger partial charge in [0.1, 0.15) is 11.5 Å². The van der Waals surface area contributed by atoms with Crippen LogP contribution in [-0.2, 0) is 5.41 Å². The number of nitrogens with zero attached hydrogens (tertiary/aromatic N) is 1. The molecule has 0 bridgehead atoms. The Bertz CT molecular complexity index is 431. The molecular weight excluding hydrogens is 206 g/mol. The molecule has 1 aromatic rings. The van der Waals surface area contributed by atoms with Crippen LogP contribution in [0.4, 0.5) is 0 Å². The SMILES string of the molecule is C/C(=N\O)c1cc(C(C)(C)C)c(O)cc1O.